The molecular weight excluding hydrogens is 346 g/mol. The molecule has 1 saturated heterocycles. The standard InChI is InChI=1S/C20H21N3O2S/c1-2-25-16-8-9-17-18(14-16)26-20(21-17)23-12-10-22(11-13-23)19(24)15-6-4-3-5-7-15/h3-9,14H,2,10-13H2,1H3. The summed E-state index contributed by atoms with van der Waals surface area (Å²) >= 11 is 1.68. The second-order valence-corrected chi connectivity index (χ2v) is 7.21. The monoisotopic (exact) mass is 367 g/mol. The molecule has 1 aliphatic heterocycles. The molecule has 0 saturated carbocycles. The molecule has 1 fully saturated rings. The maximum atomic E-state index is 12.6. The Morgan fingerprint density at radius 2 is 1.88 bits per heavy atom. The minimum absolute atomic E-state index is 0.107. The Hall–Kier alpha value is -2.60. The third-order valence-corrected chi connectivity index (χ3v) is 5.60. The summed E-state index contributed by atoms with van der Waals surface area (Å²) in [5.74, 6) is 0.990. The van der Waals surface area contributed by atoms with Crippen LogP contribution in [0.4, 0.5) is 5.13 Å². The predicted octanol–water partition coefficient (Wildman–Crippen LogP) is 3.66. The van der Waals surface area contributed by atoms with E-state index in [1.54, 1.807) is 11.3 Å². The first-order chi connectivity index (χ1) is 12.7. The van der Waals surface area contributed by atoms with Crippen molar-refractivity contribution in [3.8, 4) is 5.75 Å². The Kier molecular flexibility index (Phi) is 4.75. The number of benzene rings is 2. The van der Waals surface area contributed by atoms with Gasteiger partial charge in [-0.2, -0.15) is 0 Å². The molecule has 2 heterocycles. The van der Waals surface area contributed by atoms with Gasteiger partial charge < -0.3 is 14.5 Å². The molecule has 4 rings (SSSR count). The zero-order valence-corrected chi connectivity index (χ0v) is 15.5. The molecule has 1 aromatic heterocycles. The number of aromatic nitrogens is 1. The number of nitrogens with zero attached hydrogens (tertiary/aromatic N) is 3. The van der Waals surface area contributed by atoms with E-state index in [1.165, 1.54) is 0 Å². The van der Waals surface area contributed by atoms with Gasteiger partial charge in [-0.3, -0.25) is 4.79 Å². The molecule has 0 radical (unpaired) electrons. The highest BCUT2D eigenvalue weighted by Crippen LogP contribution is 2.32. The van der Waals surface area contributed by atoms with Gasteiger partial charge in [0.25, 0.3) is 5.91 Å². The third-order valence-electron chi connectivity index (χ3n) is 4.52. The highest BCUT2D eigenvalue weighted by atomic mass is 32.1. The van der Waals surface area contributed by atoms with Crippen molar-refractivity contribution in [3.05, 3.63) is 54.1 Å². The normalized spacial score (nSPS) is 14.7. The van der Waals surface area contributed by atoms with Crippen LogP contribution >= 0.6 is 11.3 Å². The van der Waals surface area contributed by atoms with Gasteiger partial charge in [0.15, 0.2) is 5.13 Å². The zero-order valence-electron chi connectivity index (χ0n) is 14.7. The van der Waals surface area contributed by atoms with Crippen molar-refractivity contribution in [1.29, 1.82) is 0 Å². The molecule has 1 amide bonds. The Balaban J connectivity index is 1.44. The van der Waals surface area contributed by atoms with Crippen molar-refractivity contribution >= 4 is 32.6 Å². The van der Waals surface area contributed by atoms with Crippen molar-refractivity contribution in [1.82, 2.24) is 9.88 Å². The van der Waals surface area contributed by atoms with Crippen molar-refractivity contribution in [2.45, 2.75) is 6.92 Å². The topological polar surface area (TPSA) is 45.7 Å². The summed E-state index contributed by atoms with van der Waals surface area (Å²) in [6.45, 7) is 5.68. The minimum Gasteiger partial charge on any atom is -0.494 e. The first kappa shape index (κ1) is 16.8. The van der Waals surface area contributed by atoms with E-state index < -0.39 is 0 Å². The molecule has 134 valence electrons. The Labute approximate surface area is 156 Å². The van der Waals surface area contributed by atoms with Crippen LogP contribution in [0.1, 0.15) is 17.3 Å². The van der Waals surface area contributed by atoms with Crippen molar-refractivity contribution in [3.63, 3.8) is 0 Å². The van der Waals surface area contributed by atoms with E-state index in [1.807, 2.05) is 54.3 Å². The molecule has 5 nitrogen and oxygen atoms in total. The molecule has 0 N–H and O–H groups in total. The van der Waals surface area contributed by atoms with Gasteiger partial charge in [0.05, 0.1) is 16.8 Å². The quantitative estimate of drug-likeness (QED) is 0.706. The number of carbonyl (C=O) groups excluding carboxylic acids is 1. The van der Waals surface area contributed by atoms with E-state index in [0.717, 1.165) is 39.8 Å². The van der Waals surface area contributed by atoms with Crippen LogP contribution in [0.2, 0.25) is 0 Å². The molecule has 3 aromatic rings. The predicted molar refractivity (Wildman–Crippen MR) is 105 cm³/mol. The fourth-order valence-electron chi connectivity index (χ4n) is 3.15. The van der Waals surface area contributed by atoms with E-state index in [0.29, 0.717) is 19.7 Å². The highest BCUT2D eigenvalue weighted by molar-refractivity contribution is 7.22. The molecule has 6 heteroatoms. The smallest absolute Gasteiger partial charge is 0.253 e. The summed E-state index contributed by atoms with van der Waals surface area (Å²) in [5, 5.41) is 1.01. The Bertz CT molecular complexity index is 902. The lowest BCUT2D eigenvalue weighted by Gasteiger charge is -2.34. The number of carbonyl (C=O) groups is 1. The van der Waals surface area contributed by atoms with Gasteiger partial charge >= 0.3 is 0 Å². The number of rotatable bonds is 4. The molecular formula is C20H21N3O2S. The molecule has 26 heavy (non-hydrogen) atoms. The third kappa shape index (κ3) is 3.37. The largest absolute Gasteiger partial charge is 0.494 e. The van der Waals surface area contributed by atoms with E-state index in [4.69, 9.17) is 9.72 Å². The van der Waals surface area contributed by atoms with Crippen molar-refractivity contribution < 1.29 is 9.53 Å². The van der Waals surface area contributed by atoms with Crippen LogP contribution in [0.15, 0.2) is 48.5 Å². The second-order valence-electron chi connectivity index (χ2n) is 6.20. The van der Waals surface area contributed by atoms with Gasteiger partial charge in [-0.25, -0.2) is 4.98 Å². The summed E-state index contributed by atoms with van der Waals surface area (Å²) in [7, 11) is 0. The number of ether oxygens (including phenoxy) is 1. The fourth-order valence-corrected chi connectivity index (χ4v) is 4.19. The number of anilines is 1. The van der Waals surface area contributed by atoms with E-state index in [9.17, 15) is 4.79 Å². The molecule has 2 aromatic carbocycles. The van der Waals surface area contributed by atoms with Crippen LogP contribution in [0.5, 0.6) is 5.75 Å². The molecule has 0 atom stereocenters. The lowest BCUT2D eigenvalue weighted by atomic mass is 10.2. The maximum absolute atomic E-state index is 12.6. The van der Waals surface area contributed by atoms with Gasteiger partial charge in [0.2, 0.25) is 0 Å². The Morgan fingerprint density at radius 1 is 1.12 bits per heavy atom. The molecule has 1 aliphatic rings. The van der Waals surface area contributed by atoms with E-state index in [-0.39, 0.29) is 5.91 Å². The lowest BCUT2D eigenvalue weighted by Crippen LogP contribution is -2.48. The average molecular weight is 367 g/mol. The van der Waals surface area contributed by atoms with Gasteiger partial charge in [-0.1, -0.05) is 29.5 Å². The van der Waals surface area contributed by atoms with Crippen LogP contribution in [-0.2, 0) is 0 Å². The first-order valence-corrected chi connectivity index (χ1v) is 9.69. The number of hydrogen-bond acceptors (Lipinski definition) is 5. The van der Waals surface area contributed by atoms with Crippen LogP contribution in [0, 0.1) is 0 Å². The van der Waals surface area contributed by atoms with Crippen molar-refractivity contribution in [2.75, 3.05) is 37.7 Å². The van der Waals surface area contributed by atoms with Crippen molar-refractivity contribution in [2.24, 2.45) is 0 Å². The van der Waals surface area contributed by atoms with Gasteiger partial charge in [-0.05, 0) is 37.3 Å². The van der Waals surface area contributed by atoms with E-state index >= 15 is 0 Å². The fraction of sp³-hybridized carbons (Fsp3) is 0.300. The molecule has 0 bridgehead atoms. The number of amides is 1. The SMILES string of the molecule is CCOc1ccc2nc(N3CCN(C(=O)c4ccccc4)CC3)sc2c1. The average Bonchev–Trinajstić information content (AvgIpc) is 3.12. The summed E-state index contributed by atoms with van der Waals surface area (Å²) < 4.78 is 6.71. The number of piperazine rings is 1. The second kappa shape index (κ2) is 7.33. The summed E-state index contributed by atoms with van der Waals surface area (Å²) in [6, 6.07) is 15.5. The number of thiazole rings is 1. The number of fused-ring (bicyclic) bond motifs is 1. The van der Waals surface area contributed by atoms with Crippen LogP contribution in [0.3, 0.4) is 0 Å². The number of hydrogen-bond donors (Lipinski definition) is 0. The van der Waals surface area contributed by atoms with Crippen LogP contribution < -0.4 is 9.64 Å². The van der Waals surface area contributed by atoms with Gasteiger partial charge in [0, 0.05) is 31.7 Å². The first-order valence-electron chi connectivity index (χ1n) is 8.87. The van der Waals surface area contributed by atoms with Gasteiger partial charge in [0.1, 0.15) is 5.75 Å². The van der Waals surface area contributed by atoms with Gasteiger partial charge in [-0.15, -0.1) is 0 Å². The highest BCUT2D eigenvalue weighted by Gasteiger charge is 2.23. The molecule has 0 spiro atoms. The molecule has 0 unspecified atom stereocenters. The lowest BCUT2D eigenvalue weighted by molar-refractivity contribution is 0.0747. The van der Waals surface area contributed by atoms with Crippen LogP contribution in [0.25, 0.3) is 10.2 Å². The summed E-state index contributed by atoms with van der Waals surface area (Å²) in [6.07, 6.45) is 0. The maximum Gasteiger partial charge on any atom is 0.253 e. The molecule has 0 aliphatic carbocycles. The van der Waals surface area contributed by atoms with E-state index in [2.05, 4.69) is 11.0 Å². The van der Waals surface area contributed by atoms with Crippen LogP contribution in [-0.4, -0.2) is 48.6 Å². The Morgan fingerprint density at radius 3 is 2.62 bits per heavy atom. The minimum atomic E-state index is 0.107. The summed E-state index contributed by atoms with van der Waals surface area (Å²) in [5.41, 5.74) is 1.75. The zero-order chi connectivity index (χ0) is 17.9. The summed E-state index contributed by atoms with van der Waals surface area (Å²) in [4.78, 5) is 21.5.